The van der Waals surface area contributed by atoms with Crippen molar-refractivity contribution in [2.75, 3.05) is 0 Å². The number of para-hydroxylation sites is 2. The normalized spacial score (nSPS) is 11.1. The number of fused-ring (bicyclic) bond motifs is 4. The molecule has 0 saturated heterocycles. The first-order chi connectivity index (χ1) is 18.7. The zero-order chi connectivity index (χ0) is 25.6. The predicted molar refractivity (Wildman–Crippen MR) is 162 cm³/mol. The third-order valence-corrected chi connectivity index (χ3v) is 7.51. The van der Waals surface area contributed by atoms with Gasteiger partial charge in [-0.25, -0.2) is 0 Å². The van der Waals surface area contributed by atoms with E-state index in [4.69, 9.17) is 0 Å². The Labute approximate surface area is 247 Å². The van der Waals surface area contributed by atoms with E-state index in [1.165, 1.54) is 66.1 Å². The summed E-state index contributed by atoms with van der Waals surface area (Å²) in [6, 6.07) is 47.6. The van der Waals surface area contributed by atoms with Gasteiger partial charge in [0, 0.05) is 22.2 Å². The Hall–Kier alpha value is -3.94. The first-order valence-electron chi connectivity index (χ1n) is 13.1. The van der Waals surface area contributed by atoms with Gasteiger partial charge in [-0.15, -0.1) is 82.2 Å². The molecule has 2 heterocycles. The fraction of sp³-hybridized carbons (Fsp3) is 0.0556. The third kappa shape index (κ3) is 4.52. The topological polar surface area (TPSA) is 9.86 Å². The second kappa shape index (κ2) is 10.3. The molecule has 0 fully saturated rings. The van der Waals surface area contributed by atoms with Gasteiger partial charge in [-0.1, -0.05) is 48.5 Å². The van der Waals surface area contributed by atoms with E-state index < -0.39 is 0 Å². The van der Waals surface area contributed by atoms with E-state index in [1.807, 2.05) is 0 Å². The van der Waals surface area contributed by atoms with Crippen molar-refractivity contribution in [2.45, 2.75) is 13.8 Å². The molecule has 8 rings (SSSR count). The van der Waals surface area contributed by atoms with Crippen LogP contribution in [0.1, 0.15) is 11.4 Å². The van der Waals surface area contributed by atoms with E-state index in [1.54, 1.807) is 0 Å². The average molecular weight is 580 g/mol. The van der Waals surface area contributed by atoms with E-state index >= 15 is 0 Å². The monoisotopic (exact) mass is 578 g/mol. The van der Waals surface area contributed by atoms with Crippen molar-refractivity contribution in [3.05, 3.63) is 145 Å². The van der Waals surface area contributed by atoms with Gasteiger partial charge >= 0.3 is 26.2 Å². The molecule has 0 radical (unpaired) electrons. The molecule has 0 bridgehead atoms. The molecule has 0 atom stereocenters. The molecule has 0 spiro atoms. The third-order valence-electron chi connectivity index (χ3n) is 7.51. The Balaban J connectivity index is 0.000000138. The number of aryl methyl sites for hydroxylation is 2. The Morgan fingerprint density at radius 3 is 1.21 bits per heavy atom. The van der Waals surface area contributed by atoms with Crippen LogP contribution >= 0.6 is 0 Å². The van der Waals surface area contributed by atoms with Crippen molar-refractivity contribution in [1.82, 2.24) is 9.13 Å². The zero-order valence-corrected chi connectivity index (χ0v) is 24.6. The van der Waals surface area contributed by atoms with Gasteiger partial charge in [0.15, 0.2) is 0 Å². The molecule has 39 heavy (non-hydrogen) atoms. The molecule has 0 aliphatic carbocycles. The van der Waals surface area contributed by atoms with Gasteiger partial charge in [0.1, 0.15) is 0 Å². The van der Waals surface area contributed by atoms with Crippen LogP contribution in [0.25, 0.3) is 54.7 Å². The maximum atomic E-state index is 2.33. The second-order valence-corrected chi connectivity index (χ2v) is 10.0. The summed E-state index contributed by atoms with van der Waals surface area (Å²) in [5.41, 5.74) is 7.60. The number of hydrogen-bond donors (Lipinski definition) is 0. The summed E-state index contributed by atoms with van der Waals surface area (Å²) in [6.45, 7) is 4.33. The Morgan fingerprint density at radius 2 is 0.795 bits per heavy atom. The SMILES string of the molecule is Cc1cc2ccccc2n1-c1cc2ccccc2[cH-]1.Cc1cc2ccccc2n1-c1cc2ccccc2[cH-]1.[Zr+2]. The van der Waals surface area contributed by atoms with Crippen molar-refractivity contribution >= 4 is 43.4 Å². The van der Waals surface area contributed by atoms with E-state index in [2.05, 4.69) is 156 Å². The van der Waals surface area contributed by atoms with Crippen LogP contribution in [0.2, 0.25) is 0 Å². The van der Waals surface area contributed by atoms with Crippen molar-refractivity contribution in [2.24, 2.45) is 0 Å². The minimum absolute atomic E-state index is 0. The minimum Gasteiger partial charge on any atom is -0.332 e. The Kier molecular flexibility index (Phi) is 6.71. The first kappa shape index (κ1) is 25.3. The molecular formula is C36H28N2Zr. The molecule has 2 aromatic heterocycles. The maximum absolute atomic E-state index is 2.33. The van der Waals surface area contributed by atoms with Crippen LogP contribution in [0.5, 0.6) is 0 Å². The van der Waals surface area contributed by atoms with Crippen LogP contribution in [0, 0.1) is 13.8 Å². The summed E-state index contributed by atoms with van der Waals surface area (Å²) in [5, 5.41) is 7.80. The molecule has 186 valence electrons. The fourth-order valence-corrected chi connectivity index (χ4v) is 5.80. The van der Waals surface area contributed by atoms with Crippen LogP contribution in [0.15, 0.2) is 133 Å². The van der Waals surface area contributed by atoms with Gasteiger partial charge in [0.05, 0.1) is 11.0 Å². The molecule has 0 aliphatic rings. The summed E-state index contributed by atoms with van der Waals surface area (Å²) < 4.78 is 4.66. The summed E-state index contributed by atoms with van der Waals surface area (Å²) >= 11 is 0. The summed E-state index contributed by atoms with van der Waals surface area (Å²) in [6.07, 6.45) is 0. The van der Waals surface area contributed by atoms with Gasteiger partial charge in [-0.3, -0.25) is 0 Å². The second-order valence-electron chi connectivity index (χ2n) is 10.0. The number of hydrogen-bond acceptors (Lipinski definition) is 0. The van der Waals surface area contributed by atoms with E-state index in [-0.39, 0.29) is 26.2 Å². The number of rotatable bonds is 2. The smallest absolute Gasteiger partial charge is 0.332 e. The first-order valence-corrected chi connectivity index (χ1v) is 13.1. The van der Waals surface area contributed by atoms with Crippen molar-refractivity contribution in [3.63, 3.8) is 0 Å². The van der Waals surface area contributed by atoms with Crippen molar-refractivity contribution < 1.29 is 26.2 Å². The van der Waals surface area contributed by atoms with Gasteiger partial charge in [-0.05, 0) is 49.5 Å². The fourth-order valence-electron chi connectivity index (χ4n) is 5.80. The van der Waals surface area contributed by atoms with Crippen molar-refractivity contribution in [1.29, 1.82) is 0 Å². The van der Waals surface area contributed by atoms with Crippen LogP contribution in [0.3, 0.4) is 0 Å². The van der Waals surface area contributed by atoms with Gasteiger partial charge in [0.25, 0.3) is 0 Å². The Morgan fingerprint density at radius 1 is 0.436 bits per heavy atom. The van der Waals surface area contributed by atoms with E-state index in [9.17, 15) is 0 Å². The standard InChI is InChI=1S/2C18H14N.Zr/c2*1-13-10-16-8-4-5-9-18(16)19(13)17-11-14-6-2-3-7-15(14)12-17;/h2*2-12H,1H3;/q2*-1;+2. The summed E-state index contributed by atoms with van der Waals surface area (Å²) in [5.74, 6) is 0. The molecule has 6 aromatic carbocycles. The molecule has 2 nitrogen and oxygen atoms in total. The molecule has 0 aliphatic heterocycles. The van der Waals surface area contributed by atoms with E-state index in [0.717, 1.165) is 0 Å². The largest absolute Gasteiger partial charge is 2.00 e. The van der Waals surface area contributed by atoms with E-state index in [0.29, 0.717) is 0 Å². The molecular weight excluding hydrogens is 552 g/mol. The van der Waals surface area contributed by atoms with Gasteiger partial charge < -0.3 is 9.13 Å². The Bertz CT molecular complexity index is 1840. The molecule has 3 heteroatoms. The molecule has 0 saturated carbocycles. The zero-order valence-electron chi connectivity index (χ0n) is 22.1. The van der Waals surface area contributed by atoms with Crippen LogP contribution < -0.4 is 0 Å². The van der Waals surface area contributed by atoms with Crippen LogP contribution in [0.4, 0.5) is 0 Å². The van der Waals surface area contributed by atoms with Gasteiger partial charge in [-0.2, -0.15) is 0 Å². The number of aromatic nitrogens is 2. The van der Waals surface area contributed by atoms with Crippen molar-refractivity contribution in [3.8, 4) is 11.4 Å². The van der Waals surface area contributed by atoms with Gasteiger partial charge in [0.2, 0.25) is 0 Å². The number of benzene rings is 4. The maximum Gasteiger partial charge on any atom is 2.00 e. The number of nitrogens with zero attached hydrogens (tertiary/aromatic N) is 2. The molecule has 0 N–H and O–H groups in total. The summed E-state index contributed by atoms with van der Waals surface area (Å²) in [7, 11) is 0. The predicted octanol–water partition coefficient (Wildman–Crippen LogP) is 9.62. The van der Waals surface area contributed by atoms with Crippen LogP contribution in [-0.2, 0) is 26.2 Å². The molecule has 8 aromatic rings. The van der Waals surface area contributed by atoms with Crippen LogP contribution in [-0.4, -0.2) is 9.13 Å². The average Bonchev–Trinajstić information content (AvgIpc) is 3.69. The summed E-state index contributed by atoms with van der Waals surface area (Å²) in [4.78, 5) is 0. The quantitative estimate of drug-likeness (QED) is 0.180. The molecule has 0 unspecified atom stereocenters. The molecule has 0 amide bonds. The minimum atomic E-state index is 0.